The summed E-state index contributed by atoms with van der Waals surface area (Å²) in [5.74, 6) is 0.958. The molecular weight excluding hydrogens is 352 g/mol. The third-order valence-corrected chi connectivity index (χ3v) is 3.75. The first-order chi connectivity index (χ1) is 13.0. The number of hydrogen-bond acceptors (Lipinski definition) is 3. The summed E-state index contributed by atoms with van der Waals surface area (Å²) in [7, 11) is 1.69. The molecule has 0 aliphatic rings. The second-order valence-electron chi connectivity index (χ2n) is 5.86. The summed E-state index contributed by atoms with van der Waals surface area (Å²) in [6, 6.07) is 13.1. The van der Waals surface area contributed by atoms with Crippen molar-refractivity contribution in [3.05, 3.63) is 59.2 Å². The summed E-state index contributed by atoms with van der Waals surface area (Å²) in [6.07, 6.45) is 0. The van der Waals surface area contributed by atoms with Gasteiger partial charge in [0.15, 0.2) is 17.5 Å². The van der Waals surface area contributed by atoms with Gasteiger partial charge in [-0.05, 0) is 37.1 Å². The summed E-state index contributed by atoms with van der Waals surface area (Å²) in [5.41, 5.74) is 3.22. The van der Waals surface area contributed by atoms with Crippen LogP contribution in [0.15, 0.2) is 47.5 Å². The maximum absolute atomic E-state index is 12.5. The number of nitrogens with zero attached hydrogens (tertiary/aromatic N) is 1. The molecule has 0 aliphatic carbocycles. The molecular formula is C20H25F2N3O2. The lowest BCUT2D eigenvalue weighted by atomic mass is 10.1. The summed E-state index contributed by atoms with van der Waals surface area (Å²) >= 11 is 0. The molecule has 2 rings (SSSR count). The van der Waals surface area contributed by atoms with Gasteiger partial charge in [0.1, 0.15) is 0 Å². The number of alkyl halides is 2. The van der Waals surface area contributed by atoms with Crippen LogP contribution in [0.4, 0.5) is 8.78 Å². The molecule has 0 atom stereocenters. The van der Waals surface area contributed by atoms with Gasteiger partial charge in [-0.25, -0.2) is 0 Å². The highest BCUT2D eigenvalue weighted by Gasteiger charge is 2.11. The summed E-state index contributed by atoms with van der Waals surface area (Å²) < 4.78 is 34.8. The molecule has 2 N–H and O–H groups in total. The predicted molar refractivity (Wildman–Crippen MR) is 102 cm³/mol. The van der Waals surface area contributed by atoms with Crippen molar-refractivity contribution >= 4 is 5.96 Å². The molecule has 5 nitrogen and oxygen atoms in total. The largest absolute Gasteiger partial charge is 0.490 e. The average molecular weight is 377 g/mol. The Labute approximate surface area is 158 Å². The first-order valence-electron chi connectivity index (χ1n) is 8.72. The Kier molecular flexibility index (Phi) is 7.85. The Balaban J connectivity index is 1.96. The fraction of sp³-hybridized carbons (Fsp3) is 0.350. The zero-order valence-electron chi connectivity index (χ0n) is 15.8. The third kappa shape index (κ3) is 6.77. The van der Waals surface area contributed by atoms with E-state index in [9.17, 15) is 8.78 Å². The Bertz CT molecular complexity index is 767. The number of nitrogens with one attached hydrogen (secondary N) is 2. The number of benzene rings is 2. The van der Waals surface area contributed by atoms with E-state index in [-0.39, 0.29) is 5.75 Å². The molecule has 0 bridgehead atoms. The maximum atomic E-state index is 12.5. The van der Waals surface area contributed by atoms with Crippen LogP contribution in [-0.4, -0.2) is 26.2 Å². The highest BCUT2D eigenvalue weighted by molar-refractivity contribution is 5.79. The highest BCUT2D eigenvalue weighted by Crippen LogP contribution is 2.29. The first-order valence-corrected chi connectivity index (χ1v) is 8.72. The fourth-order valence-electron chi connectivity index (χ4n) is 2.54. The van der Waals surface area contributed by atoms with Gasteiger partial charge >= 0.3 is 6.61 Å². The lowest BCUT2D eigenvalue weighted by Gasteiger charge is -2.15. The van der Waals surface area contributed by atoms with Gasteiger partial charge in [0.25, 0.3) is 0 Å². The van der Waals surface area contributed by atoms with Crippen molar-refractivity contribution in [1.82, 2.24) is 10.6 Å². The number of halogens is 2. The Morgan fingerprint density at radius 1 is 1.04 bits per heavy atom. The van der Waals surface area contributed by atoms with E-state index in [4.69, 9.17) is 4.74 Å². The van der Waals surface area contributed by atoms with Crippen LogP contribution in [0, 0.1) is 6.92 Å². The second-order valence-corrected chi connectivity index (χ2v) is 5.86. The number of aryl methyl sites for hydroxylation is 1. The minimum Gasteiger partial charge on any atom is -0.490 e. The van der Waals surface area contributed by atoms with Crippen molar-refractivity contribution in [2.75, 3.05) is 13.7 Å². The van der Waals surface area contributed by atoms with Crippen LogP contribution in [0.25, 0.3) is 0 Å². The van der Waals surface area contributed by atoms with Gasteiger partial charge in [-0.3, -0.25) is 4.99 Å². The molecule has 0 unspecified atom stereocenters. The molecule has 0 amide bonds. The lowest BCUT2D eigenvalue weighted by molar-refractivity contribution is -0.0514. The van der Waals surface area contributed by atoms with Gasteiger partial charge in [-0.1, -0.05) is 35.9 Å². The highest BCUT2D eigenvalue weighted by atomic mass is 19.3. The van der Waals surface area contributed by atoms with Gasteiger partial charge in [0.2, 0.25) is 0 Å². The summed E-state index contributed by atoms with van der Waals surface area (Å²) in [6.45, 7) is 2.41. The Morgan fingerprint density at radius 2 is 1.74 bits per heavy atom. The SMILES string of the molecule is CCOc1cc(CNC(=NC)NCc2cccc(C)c2)ccc1OC(F)F. The van der Waals surface area contributed by atoms with Crippen LogP contribution in [0.1, 0.15) is 23.6 Å². The van der Waals surface area contributed by atoms with E-state index < -0.39 is 6.61 Å². The lowest BCUT2D eigenvalue weighted by Crippen LogP contribution is -2.36. The molecule has 0 heterocycles. The molecule has 0 aliphatic heterocycles. The van der Waals surface area contributed by atoms with Crippen LogP contribution in [0.5, 0.6) is 11.5 Å². The summed E-state index contributed by atoms with van der Waals surface area (Å²) in [5, 5.41) is 6.44. The average Bonchev–Trinajstić information content (AvgIpc) is 2.63. The minimum atomic E-state index is -2.89. The monoisotopic (exact) mass is 377 g/mol. The van der Waals surface area contributed by atoms with Gasteiger partial charge in [-0.2, -0.15) is 8.78 Å². The van der Waals surface area contributed by atoms with E-state index in [1.165, 1.54) is 11.6 Å². The van der Waals surface area contributed by atoms with Gasteiger partial charge < -0.3 is 20.1 Å². The molecule has 146 valence electrons. The third-order valence-electron chi connectivity index (χ3n) is 3.75. The fourth-order valence-corrected chi connectivity index (χ4v) is 2.54. The standard InChI is InChI=1S/C20H25F2N3O2/c1-4-26-18-11-16(8-9-17(18)27-19(21)22)13-25-20(23-3)24-12-15-7-5-6-14(2)10-15/h5-11,19H,4,12-13H2,1-3H3,(H2,23,24,25). The zero-order chi connectivity index (χ0) is 19.6. The first kappa shape index (κ1) is 20.5. The molecule has 0 radical (unpaired) electrons. The van der Waals surface area contributed by atoms with Gasteiger partial charge in [-0.15, -0.1) is 0 Å². The number of guanidine groups is 1. The van der Waals surface area contributed by atoms with Gasteiger partial charge in [0, 0.05) is 20.1 Å². The van der Waals surface area contributed by atoms with Gasteiger partial charge in [0.05, 0.1) is 6.61 Å². The molecule has 0 saturated carbocycles. The van der Waals surface area contributed by atoms with Crippen molar-refractivity contribution in [2.45, 2.75) is 33.5 Å². The quantitative estimate of drug-likeness (QED) is 0.542. The number of aliphatic imine (C=N–C) groups is 1. The smallest absolute Gasteiger partial charge is 0.387 e. The van der Waals surface area contributed by atoms with Crippen molar-refractivity contribution in [1.29, 1.82) is 0 Å². The number of rotatable bonds is 8. The van der Waals surface area contributed by atoms with E-state index in [0.29, 0.717) is 31.4 Å². The Hall–Kier alpha value is -2.83. The maximum Gasteiger partial charge on any atom is 0.387 e. The van der Waals surface area contributed by atoms with Crippen molar-refractivity contribution in [3.8, 4) is 11.5 Å². The molecule has 2 aromatic carbocycles. The predicted octanol–water partition coefficient (Wildman–Crippen LogP) is 3.86. The molecule has 0 spiro atoms. The van der Waals surface area contributed by atoms with Crippen LogP contribution in [-0.2, 0) is 13.1 Å². The molecule has 2 aromatic rings. The topological polar surface area (TPSA) is 54.9 Å². The molecule has 27 heavy (non-hydrogen) atoms. The molecule has 0 aromatic heterocycles. The van der Waals surface area contributed by atoms with E-state index >= 15 is 0 Å². The normalized spacial score (nSPS) is 11.4. The van der Waals surface area contributed by atoms with Crippen LogP contribution >= 0.6 is 0 Å². The molecule has 0 saturated heterocycles. The summed E-state index contributed by atoms with van der Waals surface area (Å²) in [4.78, 5) is 4.20. The Morgan fingerprint density at radius 3 is 2.33 bits per heavy atom. The number of hydrogen-bond donors (Lipinski definition) is 2. The number of ether oxygens (including phenoxy) is 2. The zero-order valence-corrected chi connectivity index (χ0v) is 15.8. The van der Waals surface area contributed by atoms with E-state index in [1.807, 2.05) is 25.1 Å². The van der Waals surface area contributed by atoms with E-state index in [2.05, 4.69) is 26.4 Å². The van der Waals surface area contributed by atoms with Crippen molar-refractivity contribution in [3.63, 3.8) is 0 Å². The minimum absolute atomic E-state index is 0.0255. The second kappa shape index (κ2) is 10.4. The van der Waals surface area contributed by atoms with Crippen LogP contribution in [0.2, 0.25) is 0 Å². The van der Waals surface area contributed by atoms with E-state index in [1.54, 1.807) is 26.1 Å². The molecule has 7 heteroatoms. The van der Waals surface area contributed by atoms with Crippen LogP contribution in [0.3, 0.4) is 0 Å². The molecule has 0 fully saturated rings. The van der Waals surface area contributed by atoms with Crippen molar-refractivity contribution < 1.29 is 18.3 Å². The van der Waals surface area contributed by atoms with E-state index in [0.717, 1.165) is 11.1 Å². The van der Waals surface area contributed by atoms with Crippen LogP contribution < -0.4 is 20.1 Å². The van der Waals surface area contributed by atoms with Crippen molar-refractivity contribution in [2.24, 2.45) is 4.99 Å².